The average Bonchev–Trinajstić information content (AvgIpc) is 2.96. The van der Waals surface area contributed by atoms with Gasteiger partial charge in [0.2, 0.25) is 0 Å². The Bertz CT molecular complexity index is 659. The van der Waals surface area contributed by atoms with Crippen molar-refractivity contribution in [3.8, 4) is 5.75 Å². The lowest BCUT2D eigenvalue weighted by molar-refractivity contribution is 0.262. The minimum atomic E-state index is 0.765. The summed E-state index contributed by atoms with van der Waals surface area (Å²) in [6.45, 7) is 2.52. The number of rotatable bonds is 1. The number of benzene rings is 1. The van der Waals surface area contributed by atoms with Crippen LogP contribution in [-0.4, -0.2) is 35.7 Å². The van der Waals surface area contributed by atoms with Crippen LogP contribution in [0.5, 0.6) is 5.75 Å². The van der Waals surface area contributed by atoms with Gasteiger partial charge in [-0.25, -0.2) is 0 Å². The van der Waals surface area contributed by atoms with Crippen molar-refractivity contribution >= 4 is 10.9 Å². The molecule has 0 saturated carbocycles. The molecule has 1 atom stereocenters. The van der Waals surface area contributed by atoms with Gasteiger partial charge in [0.05, 0.1) is 12.6 Å². The van der Waals surface area contributed by atoms with Gasteiger partial charge in [-0.15, -0.1) is 0 Å². The van der Waals surface area contributed by atoms with Crippen LogP contribution in [-0.2, 0) is 19.9 Å². The van der Waals surface area contributed by atoms with Crippen molar-refractivity contribution < 1.29 is 4.74 Å². The summed E-state index contributed by atoms with van der Waals surface area (Å²) in [5, 5.41) is 1.42. The lowest BCUT2D eigenvalue weighted by Crippen LogP contribution is -2.31. The van der Waals surface area contributed by atoms with Crippen molar-refractivity contribution in [2.24, 2.45) is 7.05 Å². The lowest BCUT2D eigenvalue weighted by atomic mass is 10.0. The summed E-state index contributed by atoms with van der Waals surface area (Å²) in [6, 6.07) is 7.27. The molecule has 1 aromatic carbocycles. The number of aryl methyl sites for hydroxylation is 1. The normalized spacial score (nSPS) is 22.6. The Morgan fingerprint density at radius 1 is 1.25 bits per heavy atom. The Labute approximate surface area is 120 Å². The first-order valence-corrected chi connectivity index (χ1v) is 7.66. The maximum atomic E-state index is 5.38. The summed E-state index contributed by atoms with van der Waals surface area (Å²) in [4.78, 5) is 2.69. The Balaban J connectivity index is 1.86. The highest BCUT2D eigenvalue weighted by molar-refractivity contribution is 5.87. The molecule has 1 saturated heterocycles. The van der Waals surface area contributed by atoms with Crippen LogP contribution in [0.4, 0.5) is 0 Å². The Hall–Kier alpha value is -1.48. The molecule has 2 aliphatic rings. The topological polar surface area (TPSA) is 17.4 Å². The zero-order chi connectivity index (χ0) is 13.7. The van der Waals surface area contributed by atoms with E-state index < -0.39 is 0 Å². The Morgan fingerprint density at radius 2 is 2.15 bits per heavy atom. The third-order valence-corrected chi connectivity index (χ3v) is 5.22. The number of aromatic nitrogens is 1. The average molecular weight is 270 g/mol. The molecular weight excluding hydrogens is 248 g/mol. The fraction of sp³-hybridized carbons (Fsp3) is 0.529. The molecule has 1 aromatic heterocycles. The van der Waals surface area contributed by atoms with E-state index in [2.05, 4.69) is 34.7 Å². The first-order chi connectivity index (χ1) is 9.78. The molecule has 3 heterocycles. The summed E-state index contributed by atoms with van der Waals surface area (Å²) in [7, 11) is 3.96. The summed E-state index contributed by atoms with van der Waals surface area (Å²) in [6.07, 6.45) is 5.14. The molecule has 0 bridgehead atoms. The van der Waals surface area contributed by atoms with E-state index in [1.54, 1.807) is 18.4 Å². The maximum absolute atomic E-state index is 5.38. The molecule has 0 spiro atoms. The molecule has 4 rings (SSSR count). The minimum Gasteiger partial charge on any atom is -0.497 e. The molecule has 20 heavy (non-hydrogen) atoms. The van der Waals surface area contributed by atoms with Gasteiger partial charge in [0.1, 0.15) is 5.75 Å². The largest absolute Gasteiger partial charge is 0.497 e. The van der Waals surface area contributed by atoms with Crippen LogP contribution in [0.25, 0.3) is 10.9 Å². The molecule has 2 aromatic rings. The van der Waals surface area contributed by atoms with Crippen LogP contribution >= 0.6 is 0 Å². The lowest BCUT2D eigenvalue weighted by Gasteiger charge is -2.21. The molecule has 0 aliphatic carbocycles. The van der Waals surface area contributed by atoms with E-state index in [4.69, 9.17) is 4.74 Å². The first kappa shape index (κ1) is 12.3. The van der Waals surface area contributed by atoms with Crippen LogP contribution in [0.2, 0.25) is 0 Å². The summed E-state index contributed by atoms with van der Waals surface area (Å²) < 4.78 is 7.78. The molecule has 0 amide bonds. The zero-order valence-electron chi connectivity index (χ0n) is 12.4. The summed E-state index contributed by atoms with van der Waals surface area (Å²) in [5.74, 6) is 0.954. The van der Waals surface area contributed by atoms with Crippen molar-refractivity contribution in [2.75, 3.05) is 20.2 Å². The maximum Gasteiger partial charge on any atom is 0.120 e. The van der Waals surface area contributed by atoms with Crippen molar-refractivity contribution in [3.63, 3.8) is 0 Å². The van der Waals surface area contributed by atoms with Crippen molar-refractivity contribution in [1.82, 2.24) is 9.47 Å². The Kier molecular flexibility index (Phi) is 2.77. The van der Waals surface area contributed by atoms with Gasteiger partial charge >= 0.3 is 0 Å². The van der Waals surface area contributed by atoms with E-state index in [-0.39, 0.29) is 0 Å². The van der Waals surface area contributed by atoms with Crippen LogP contribution in [0.3, 0.4) is 0 Å². The van der Waals surface area contributed by atoms with Crippen LogP contribution in [0, 0.1) is 0 Å². The molecular formula is C17H22N2O. The van der Waals surface area contributed by atoms with Gasteiger partial charge in [-0.1, -0.05) is 0 Å². The van der Waals surface area contributed by atoms with Gasteiger partial charge in [0.15, 0.2) is 0 Å². The van der Waals surface area contributed by atoms with Crippen molar-refractivity contribution in [1.29, 1.82) is 0 Å². The smallest absolute Gasteiger partial charge is 0.120 e. The van der Waals surface area contributed by atoms with E-state index in [9.17, 15) is 0 Å². The minimum absolute atomic E-state index is 0.765. The highest BCUT2D eigenvalue weighted by Gasteiger charge is 2.30. The predicted octanol–water partition coefficient (Wildman–Crippen LogP) is 2.75. The second-order valence-corrected chi connectivity index (χ2v) is 6.15. The highest BCUT2D eigenvalue weighted by atomic mass is 16.5. The second-order valence-electron chi connectivity index (χ2n) is 6.15. The molecule has 3 nitrogen and oxygen atoms in total. The predicted molar refractivity (Wildman–Crippen MR) is 81.5 cm³/mol. The number of ether oxygens (including phenoxy) is 1. The SMILES string of the molecule is COc1ccc2c3c(n(C)c2c1)CC1CCCN1CC3. The van der Waals surface area contributed by atoms with E-state index >= 15 is 0 Å². The fourth-order valence-corrected chi connectivity index (χ4v) is 4.11. The molecule has 1 fully saturated rings. The zero-order valence-corrected chi connectivity index (χ0v) is 12.4. The molecule has 1 unspecified atom stereocenters. The molecule has 0 N–H and O–H groups in total. The van der Waals surface area contributed by atoms with E-state index in [0.29, 0.717) is 0 Å². The molecule has 3 heteroatoms. The quantitative estimate of drug-likeness (QED) is 0.793. The number of methoxy groups -OCH3 is 1. The van der Waals surface area contributed by atoms with Gasteiger partial charge in [0.25, 0.3) is 0 Å². The highest BCUT2D eigenvalue weighted by Crippen LogP contribution is 2.34. The number of hydrogen-bond donors (Lipinski definition) is 0. The van der Waals surface area contributed by atoms with Crippen LogP contribution in [0.1, 0.15) is 24.1 Å². The first-order valence-electron chi connectivity index (χ1n) is 7.66. The van der Waals surface area contributed by atoms with E-state index in [0.717, 1.165) is 11.8 Å². The summed E-state index contributed by atoms with van der Waals surface area (Å²) in [5.41, 5.74) is 4.43. The van der Waals surface area contributed by atoms with Crippen molar-refractivity contribution in [3.05, 3.63) is 29.5 Å². The second kappa shape index (κ2) is 4.52. The third kappa shape index (κ3) is 1.69. The van der Waals surface area contributed by atoms with Gasteiger partial charge in [-0.2, -0.15) is 0 Å². The monoisotopic (exact) mass is 270 g/mol. The van der Waals surface area contributed by atoms with Crippen LogP contribution < -0.4 is 4.74 Å². The standard InChI is InChI=1S/C17H22N2O/c1-18-16-10-12-4-3-8-19(12)9-7-15(16)14-6-5-13(20-2)11-17(14)18/h5-6,11-12H,3-4,7-10H2,1-2H3. The number of nitrogens with zero attached hydrogens (tertiary/aromatic N) is 2. The fourth-order valence-electron chi connectivity index (χ4n) is 4.11. The number of fused-ring (bicyclic) bond motifs is 4. The van der Waals surface area contributed by atoms with Gasteiger partial charge in [-0.05, 0) is 43.5 Å². The van der Waals surface area contributed by atoms with Gasteiger partial charge < -0.3 is 9.30 Å². The van der Waals surface area contributed by atoms with Crippen LogP contribution in [0.15, 0.2) is 18.2 Å². The third-order valence-electron chi connectivity index (χ3n) is 5.22. The summed E-state index contributed by atoms with van der Waals surface area (Å²) >= 11 is 0. The number of hydrogen-bond acceptors (Lipinski definition) is 2. The molecule has 2 aliphatic heterocycles. The molecule has 106 valence electrons. The van der Waals surface area contributed by atoms with Crippen molar-refractivity contribution in [2.45, 2.75) is 31.7 Å². The Morgan fingerprint density at radius 3 is 3.00 bits per heavy atom. The van der Waals surface area contributed by atoms with Gasteiger partial charge in [0, 0.05) is 43.2 Å². The van der Waals surface area contributed by atoms with Gasteiger partial charge in [-0.3, -0.25) is 4.90 Å². The molecule has 0 radical (unpaired) electrons. The van der Waals surface area contributed by atoms with E-state index in [1.165, 1.54) is 49.7 Å². The van der Waals surface area contributed by atoms with E-state index in [1.807, 2.05) is 0 Å².